The minimum atomic E-state index is -0.363. The molecular formula is C15H17ClN2O2. The van der Waals surface area contributed by atoms with Crippen molar-refractivity contribution in [3.05, 3.63) is 34.9 Å². The van der Waals surface area contributed by atoms with Crippen molar-refractivity contribution in [2.24, 2.45) is 0 Å². The number of nitrogens with one attached hydrogen (secondary N) is 1. The lowest BCUT2D eigenvalue weighted by atomic mass is 10.1. The summed E-state index contributed by atoms with van der Waals surface area (Å²) in [7, 11) is 1.57. The van der Waals surface area contributed by atoms with Crippen LogP contribution >= 0.6 is 11.6 Å². The van der Waals surface area contributed by atoms with Crippen LogP contribution in [0.5, 0.6) is 5.75 Å². The number of amides is 1. The smallest absolute Gasteiger partial charge is 0.261 e. The highest BCUT2D eigenvalue weighted by atomic mass is 35.5. The molecule has 0 spiro atoms. The molecule has 0 bridgehead atoms. The van der Waals surface area contributed by atoms with Crippen molar-refractivity contribution in [1.29, 1.82) is 5.26 Å². The third-order valence-corrected chi connectivity index (χ3v) is 2.95. The van der Waals surface area contributed by atoms with Crippen molar-refractivity contribution in [3.8, 4) is 11.8 Å². The summed E-state index contributed by atoms with van der Waals surface area (Å²) in [4.78, 5) is 11.8. The normalized spacial score (nSPS) is 10.8. The maximum Gasteiger partial charge on any atom is 0.261 e. The fraction of sp³-hybridized carbons (Fsp3) is 0.333. The summed E-state index contributed by atoms with van der Waals surface area (Å²) in [6.45, 7) is 2.50. The molecule has 0 saturated heterocycles. The van der Waals surface area contributed by atoms with Crippen LogP contribution in [0.4, 0.5) is 0 Å². The van der Waals surface area contributed by atoms with Crippen LogP contribution in [0.1, 0.15) is 24.5 Å². The van der Waals surface area contributed by atoms with Gasteiger partial charge in [-0.05, 0) is 30.2 Å². The number of halogens is 1. The lowest BCUT2D eigenvalue weighted by Crippen LogP contribution is -2.25. The number of alkyl halides is 1. The van der Waals surface area contributed by atoms with Crippen molar-refractivity contribution in [2.45, 2.75) is 19.2 Å². The number of nitriles is 1. The number of hydrogen-bond donors (Lipinski definition) is 1. The predicted octanol–water partition coefficient (Wildman–Crippen LogP) is 2.87. The first-order valence-electron chi connectivity index (χ1n) is 6.29. The number of benzene rings is 1. The van der Waals surface area contributed by atoms with Crippen LogP contribution in [0.15, 0.2) is 23.8 Å². The van der Waals surface area contributed by atoms with Crippen molar-refractivity contribution < 1.29 is 9.53 Å². The van der Waals surface area contributed by atoms with E-state index < -0.39 is 0 Å². The molecule has 0 atom stereocenters. The standard InChI is InChI=1S/C15H17ClN2O2/c1-3-6-18-15(19)13(10-17)8-11-4-5-14(20-2)12(7-11)9-16/h4-5,7-8H,3,6,9H2,1-2H3,(H,18,19)/b13-8+. The van der Waals surface area contributed by atoms with Crippen molar-refractivity contribution >= 4 is 23.6 Å². The Morgan fingerprint density at radius 1 is 1.55 bits per heavy atom. The molecule has 1 aromatic rings. The van der Waals surface area contributed by atoms with Gasteiger partial charge in [0.15, 0.2) is 0 Å². The van der Waals surface area contributed by atoms with Gasteiger partial charge in [0.2, 0.25) is 0 Å². The van der Waals surface area contributed by atoms with Gasteiger partial charge >= 0.3 is 0 Å². The number of methoxy groups -OCH3 is 1. The molecule has 1 aromatic carbocycles. The van der Waals surface area contributed by atoms with Gasteiger partial charge in [-0.15, -0.1) is 11.6 Å². The molecule has 0 unspecified atom stereocenters. The monoisotopic (exact) mass is 292 g/mol. The van der Waals surface area contributed by atoms with Crippen LogP contribution in [0.25, 0.3) is 6.08 Å². The number of rotatable bonds is 6. The number of nitrogens with zero attached hydrogens (tertiary/aromatic N) is 1. The highest BCUT2D eigenvalue weighted by Crippen LogP contribution is 2.22. The van der Waals surface area contributed by atoms with E-state index in [2.05, 4.69) is 5.32 Å². The van der Waals surface area contributed by atoms with E-state index >= 15 is 0 Å². The number of carbonyl (C=O) groups is 1. The molecule has 0 radical (unpaired) electrons. The van der Waals surface area contributed by atoms with E-state index in [0.29, 0.717) is 18.2 Å². The summed E-state index contributed by atoms with van der Waals surface area (Å²) < 4.78 is 5.17. The molecule has 1 N–H and O–H groups in total. The van der Waals surface area contributed by atoms with Crippen molar-refractivity contribution in [3.63, 3.8) is 0 Å². The number of ether oxygens (including phenoxy) is 1. The zero-order valence-electron chi connectivity index (χ0n) is 11.6. The Morgan fingerprint density at radius 2 is 2.30 bits per heavy atom. The Morgan fingerprint density at radius 3 is 2.85 bits per heavy atom. The van der Waals surface area contributed by atoms with Crippen LogP contribution in [-0.4, -0.2) is 19.6 Å². The minimum Gasteiger partial charge on any atom is -0.496 e. The van der Waals surface area contributed by atoms with E-state index in [4.69, 9.17) is 21.6 Å². The van der Waals surface area contributed by atoms with Gasteiger partial charge < -0.3 is 10.1 Å². The van der Waals surface area contributed by atoms with Gasteiger partial charge in [0.05, 0.1) is 13.0 Å². The molecule has 0 fully saturated rings. The molecule has 1 amide bonds. The Labute approximate surface area is 124 Å². The lowest BCUT2D eigenvalue weighted by Gasteiger charge is -2.07. The molecule has 0 heterocycles. The topological polar surface area (TPSA) is 62.1 Å². The third kappa shape index (κ3) is 4.29. The predicted molar refractivity (Wildman–Crippen MR) is 79.4 cm³/mol. The Balaban J connectivity index is 3.01. The molecule has 0 aliphatic carbocycles. The molecule has 0 saturated carbocycles. The molecule has 0 aromatic heterocycles. The van der Waals surface area contributed by atoms with E-state index in [1.54, 1.807) is 31.4 Å². The first-order valence-corrected chi connectivity index (χ1v) is 6.82. The third-order valence-electron chi connectivity index (χ3n) is 2.66. The summed E-state index contributed by atoms with van der Waals surface area (Å²) in [6.07, 6.45) is 2.36. The second kappa shape index (κ2) is 8.23. The minimum absolute atomic E-state index is 0.0733. The molecule has 0 aliphatic rings. The Hall–Kier alpha value is -1.99. The quantitative estimate of drug-likeness (QED) is 0.498. The summed E-state index contributed by atoms with van der Waals surface area (Å²) in [5.74, 6) is 0.623. The maximum atomic E-state index is 11.8. The molecule has 20 heavy (non-hydrogen) atoms. The maximum absolute atomic E-state index is 11.8. The van der Waals surface area contributed by atoms with Gasteiger partial charge in [-0.3, -0.25) is 4.79 Å². The molecule has 1 rings (SSSR count). The SMILES string of the molecule is CCCNC(=O)/C(C#N)=C/c1ccc(OC)c(CCl)c1. The van der Waals surface area contributed by atoms with Gasteiger partial charge in [0.25, 0.3) is 5.91 Å². The largest absolute Gasteiger partial charge is 0.496 e. The molecular weight excluding hydrogens is 276 g/mol. The van der Waals surface area contributed by atoms with E-state index in [0.717, 1.165) is 17.5 Å². The summed E-state index contributed by atoms with van der Waals surface area (Å²) in [5.41, 5.74) is 1.63. The zero-order chi connectivity index (χ0) is 15.0. The summed E-state index contributed by atoms with van der Waals surface area (Å²) in [5, 5.41) is 11.7. The average Bonchev–Trinajstić information content (AvgIpc) is 2.49. The van der Waals surface area contributed by atoms with Gasteiger partial charge in [0.1, 0.15) is 17.4 Å². The Kier molecular flexibility index (Phi) is 6.61. The van der Waals surface area contributed by atoms with E-state index in [9.17, 15) is 4.79 Å². The van der Waals surface area contributed by atoms with Gasteiger partial charge in [0, 0.05) is 12.1 Å². The molecule has 106 valence electrons. The molecule has 5 heteroatoms. The van der Waals surface area contributed by atoms with Crippen LogP contribution in [0, 0.1) is 11.3 Å². The first kappa shape index (κ1) is 16.1. The highest BCUT2D eigenvalue weighted by Gasteiger charge is 2.09. The summed E-state index contributed by atoms with van der Waals surface area (Å²) in [6, 6.07) is 7.26. The fourth-order valence-corrected chi connectivity index (χ4v) is 1.85. The summed E-state index contributed by atoms with van der Waals surface area (Å²) >= 11 is 5.84. The van der Waals surface area contributed by atoms with Crippen molar-refractivity contribution in [1.82, 2.24) is 5.32 Å². The first-order chi connectivity index (χ1) is 9.65. The zero-order valence-corrected chi connectivity index (χ0v) is 12.3. The van der Waals surface area contributed by atoms with Gasteiger partial charge in [-0.2, -0.15) is 5.26 Å². The number of hydrogen-bond acceptors (Lipinski definition) is 3. The van der Waals surface area contributed by atoms with Crippen LogP contribution in [0.2, 0.25) is 0 Å². The van der Waals surface area contributed by atoms with E-state index in [1.165, 1.54) is 0 Å². The fourth-order valence-electron chi connectivity index (χ4n) is 1.64. The van der Waals surface area contributed by atoms with E-state index in [-0.39, 0.29) is 11.5 Å². The second-order valence-electron chi connectivity index (χ2n) is 4.13. The van der Waals surface area contributed by atoms with Crippen LogP contribution in [-0.2, 0) is 10.7 Å². The number of carbonyl (C=O) groups excluding carboxylic acids is 1. The second-order valence-corrected chi connectivity index (χ2v) is 4.40. The molecule has 4 nitrogen and oxygen atoms in total. The van der Waals surface area contributed by atoms with Crippen LogP contribution < -0.4 is 10.1 Å². The Bertz CT molecular complexity index is 547. The molecule has 0 aliphatic heterocycles. The lowest BCUT2D eigenvalue weighted by molar-refractivity contribution is -0.117. The van der Waals surface area contributed by atoms with Gasteiger partial charge in [-0.1, -0.05) is 13.0 Å². The average molecular weight is 293 g/mol. The van der Waals surface area contributed by atoms with E-state index in [1.807, 2.05) is 13.0 Å². The van der Waals surface area contributed by atoms with Crippen LogP contribution in [0.3, 0.4) is 0 Å². The highest BCUT2D eigenvalue weighted by molar-refractivity contribution is 6.17. The van der Waals surface area contributed by atoms with Gasteiger partial charge in [-0.25, -0.2) is 0 Å². The van der Waals surface area contributed by atoms with Crippen molar-refractivity contribution in [2.75, 3.05) is 13.7 Å².